The number of aromatic nitrogens is 3. The zero-order valence-corrected chi connectivity index (χ0v) is 21.9. The second kappa shape index (κ2) is 8.84. The van der Waals surface area contributed by atoms with Gasteiger partial charge < -0.3 is 4.57 Å². The van der Waals surface area contributed by atoms with Gasteiger partial charge in [-0.05, 0) is 54.6 Å². The molecule has 0 unspecified atom stereocenters. The molecule has 0 aliphatic heterocycles. The fourth-order valence-corrected chi connectivity index (χ4v) is 5.45. The Morgan fingerprint density at radius 1 is 0.595 bits per heavy atom. The van der Waals surface area contributed by atoms with Gasteiger partial charge in [0, 0.05) is 42.5 Å². The molecule has 3 nitrogen and oxygen atoms in total. The molecule has 7 rings (SSSR count). The zero-order valence-electron chi connectivity index (χ0n) is 19.6. The van der Waals surface area contributed by atoms with E-state index in [1.165, 1.54) is 21.8 Å². The summed E-state index contributed by atoms with van der Waals surface area (Å²) < 4.78 is 3.33. The van der Waals surface area contributed by atoms with Crippen molar-refractivity contribution < 1.29 is 0 Å². The SMILES string of the molecule is Clc1ccc2nc(-c3ccc(Br)cc3)nc(-c3ccc(-n4c5ccccc5c5ccccc54)cc3)c2c1. The van der Waals surface area contributed by atoms with E-state index in [4.69, 9.17) is 21.6 Å². The lowest BCUT2D eigenvalue weighted by atomic mass is 10.0. The van der Waals surface area contributed by atoms with Crippen molar-refractivity contribution in [1.82, 2.24) is 14.5 Å². The minimum absolute atomic E-state index is 0.663. The molecule has 0 aliphatic carbocycles. The van der Waals surface area contributed by atoms with E-state index in [0.29, 0.717) is 10.8 Å². The molecule has 0 N–H and O–H groups in total. The maximum absolute atomic E-state index is 6.39. The van der Waals surface area contributed by atoms with Crippen LogP contribution in [0.25, 0.3) is 61.0 Å². The predicted molar refractivity (Wildman–Crippen MR) is 157 cm³/mol. The highest BCUT2D eigenvalue weighted by atomic mass is 79.9. The van der Waals surface area contributed by atoms with E-state index in [1.54, 1.807) is 0 Å². The Morgan fingerprint density at radius 3 is 1.89 bits per heavy atom. The molecule has 7 aromatic rings. The summed E-state index contributed by atoms with van der Waals surface area (Å²) in [5, 5.41) is 4.09. The van der Waals surface area contributed by atoms with E-state index >= 15 is 0 Å². The molecule has 0 atom stereocenters. The van der Waals surface area contributed by atoms with Gasteiger partial charge in [-0.1, -0.05) is 88.2 Å². The molecule has 0 saturated heterocycles. The maximum atomic E-state index is 6.39. The van der Waals surface area contributed by atoms with Gasteiger partial charge in [-0.15, -0.1) is 0 Å². The van der Waals surface area contributed by atoms with E-state index in [0.717, 1.165) is 37.9 Å². The molecule has 176 valence electrons. The van der Waals surface area contributed by atoms with Gasteiger partial charge in [0.15, 0.2) is 5.82 Å². The Labute approximate surface area is 227 Å². The van der Waals surface area contributed by atoms with Crippen LogP contribution in [-0.2, 0) is 0 Å². The Balaban J connectivity index is 1.41. The number of para-hydroxylation sites is 2. The van der Waals surface area contributed by atoms with Crippen LogP contribution in [0.15, 0.2) is 120 Å². The average Bonchev–Trinajstić information content (AvgIpc) is 3.27. The second-order valence-electron chi connectivity index (χ2n) is 8.98. The number of rotatable bonds is 3. The first-order valence-corrected chi connectivity index (χ1v) is 13.1. The first-order valence-electron chi connectivity index (χ1n) is 12.0. The Bertz CT molecular complexity index is 1890. The molecular formula is C32H19BrClN3. The quantitative estimate of drug-likeness (QED) is 0.215. The van der Waals surface area contributed by atoms with Crippen molar-refractivity contribution in [3.63, 3.8) is 0 Å². The zero-order chi connectivity index (χ0) is 24.9. The molecule has 0 amide bonds. The number of halogens is 2. The topological polar surface area (TPSA) is 30.7 Å². The minimum Gasteiger partial charge on any atom is -0.309 e. The summed E-state index contributed by atoms with van der Waals surface area (Å²) in [6.45, 7) is 0. The van der Waals surface area contributed by atoms with E-state index in [2.05, 4.69) is 93.3 Å². The lowest BCUT2D eigenvalue weighted by molar-refractivity contribution is 1.18. The van der Waals surface area contributed by atoms with Crippen molar-refractivity contribution in [2.75, 3.05) is 0 Å². The number of benzene rings is 5. The van der Waals surface area contributed by atoms with Crippen LogP contribution in [0.1, 0.15) is 0 Å². The number of fused-ring (bicyclic) bond motifs is 4. The van der Waals surface area contributed by atoms with Gasteiger partial charge in [0.1, 0.15) is 0 Å². The third-order valence-electron chi connectivity index (χ3n) is 6.74. The summed E-state index contributed by atoms with van der Waals surface area (Å²) in [4.78, 5) is 9.85. The predicted octanol–water partition coefficient (Wildman–Crippen LogP) is 9.48. The summed E-state index contributed by atoms with van der Waals surface area (Å²) in [6.07, 6.45) is 0. The standard InChI is InChI=1S/C32H19BrClN3/c33-22-13-9-21(10-14-22)32-35-28-18-15-23(34)19-27(28)31(36-32)20-11-16-24(17-12-20)37-29-7-3-1-5-25(29)26-6-2-4-8-30(26)37/h1-19H. The fourth-order valence-electron chi connectivity index (χ4n) is 5.02. The van der Waals surface area contributed by atoms with Crippen molar-refractivity contribution in [3.8, 4) is 28.3 Å². The fraction of sp³-hybridized carbons (Fsp3) is 0. The monoisotopic (exact) mass is 559 g/mol. The smallest absolute Gasteiger partial charge is 0.160 e. The molecule has 0 saturated carbocycles. The second-order valence-corrected chi connectivity index (χ2v) is 10.3. The molecule has 2 aromatic heterocycles. The van der Waals surface area contributed by atoms with E-state index in [1.807, 2.05) is 42.5 Å². The van der Waals surface area contributed by atoms with Crippen LogP contribution in [0.5, 0.6) is 0 Å². The number of nitrogens with zero attached hydrogens (tertiary/aromatic N) is 3. The molecule has 0 bridgehead atoms. The van der Waals surface area contributed by atoms with Gasteiger partial charge in [-0.2, -0.15) is 0 Å². The molecule has 0 aliphatic rings. The summed E-state index contributed by atoms with van der Waals surface area (Å²) in [5.41, 5.74) is 7.17. The summed E-state index contributed by atoms with van der Waals surface area (Å²) in [7, 11) is 0. The molecule has 2 heterocycles. The van der Waals surface area contributed by atoms with Crippen molar-refractivity contribution in [2.45, 2.75) is 0 Å². The van der Waals surface area contributed by atoms with Gasteiger partial charge in [-0.25, -0.2) is 9.97 Å². The van der Waals surface area contributed by atoms with Gasteiger partial charge in [0.05, 0.1) is 22.2 Å². The minimum atomic E-state index is 0.663. The van der Waals surface area contributed by atoms with Crippen LogP contribution in [0.4, 0.5) is 0 Å². The lowest BCUT2D eigenvalue weighted by Crippen LogP contribution is -1.97. The van der Waals surface area contributed by atoms with Crippen LogP contribution >= 0.6 is 27.5 Å². The first-order chi connectivity index (χ1) is 18.2. The lowest BCUT2D eigenvalue weighted by Gasteiger charge is -2.12. The highest BCUT2D eigenvalue weighted by Crippen LogP contribution is 2.34. The van der Waals surface area contributed by atoms with Crippen molar-refractivity contribution in [2.24, 2.45) is 0 Å². The van der Waals surface area contributed by atoms with Gasteiger partial charge in [0.25, 0.3) is 0 Å². The Kier molecular flexibility index (Phi) is 5.31. The highest BCUT2D eigenvalue weighted by Gasteiger charge is 2.14. The average molecular weight is 561 g/mol. The number of hydrogen-bond acceptors (Lipinski definition) is 2. The molecule has 5 heteroatoms. The summed E-state index contributed by atoms with van der Waals surface area (Å²) in [5.74, 6) is 0.684. The van der Waals surface area contributed by atoms with Crippen LogP contribution in [0, 0.1) is 0 Å². The highest BCUT2D eigenvalue weighted by molar-refractivity contribution is 9.10. The largest absolute Gasteiger partial charge is 0.309 e. The van der Waals surface area contributed by atoms with E-state index in [9.17, 15) is 0 Å². The third kappa shape index (κ3) is 3.81. The van der Waals surface area contributed by atoms with Crippen LogP contribution in [-0.4, -0.2) is 14.5 Å². The van der Waals surface area contributed by atoms with Gasteiger partial charge >= 0.3 is 0 Å². The molecular weight excluding hydrogens is 542 g/mol. The molecule has 5 aromatic carbocycles. The Morgan fingerprint density at radius 2 is 1.22 bits per heavy atom. The van der Waals surface area contributed by atoms with Crippen molar-refractivity contribution >= 4 is 60.2 Å². The maximum Gasteiger partial charge on any atom is 0.160 e. The normalized spacial score (nSPS) is 11.5. The Hall–Kier alpha value is -3.99. The van der Waals surface area contributed by atoms with E-state index < -0.39 is 0 Å². The third-order valence-corrected chi connectivity index (χ3v) is 7.50. The molecule has 0 radical (unpaired) electrons. The van der Waals surface area contributed by atoms with Gasteiger partial charge in [-0.3, -0.25) is 0 Å². The molecule has 0 fully saturated rings. The van der Waals surface area contributed by atoms with E-state index in [-0.39, 0.29) is 0 Å². The first kappa shape index (κ1) is 22.2. The molecule has 0 spiro atoms. The van der Waals surface area contributed by atoms with Crippen LogP contribution in [0.3, 0.4) is 0 Å². The number of hydrogen-bond donors (Lipinski definition) is 0. The van der Waals surface area contributed by atoms with Crippen LogP contribution < -0.4 is 0 Å². The summed E-state index contributed by atoms with van der Waals surface area (Å²) >= 11 is 9.90. The molecule has 37 heavy (non-hydrogen) atoms. The van der Waals surface area contributed by atoms with Crippen molar-refractivity contribution in [3.05, 3.63) is 125 Å². The van der Waals surface area contributed by atoms with Gasteiger partial charge in [0.2, 0.25) is 0 Å². The van der Waals surface area contributed by atoms with Crippen LogP contribution in [0.2, 0.25) is 5.02 Å². The van der Waals surface area contributed by atoms with Crippen molar-refractivity contribution in [1.29, 1.82) is 0 Å². The summed E-state index contributed by atoms with van der Waals surface area (Å²) in [6, 6.07) is 39.5.